The minimum atomic E-state index is -0.486. The molecule has 1 aromatic heterocycles. The number of esters is 1. The second-order valence-electron chi connectivity index (χ2n) is 12.3. The molecule has 4 aliphatic carbocycles. The van der Waals surface area contributed by atoms with E-state index in [4.69, 9.17) is 23.7 Å². The second kappa shape index (κ2) is 16.5. The molecule has 10 nitrogen and oxygen atoms in total. The molecule has 0 spiro atoms. The molecule has 2 aromatic rings. The van der Waals surface area contributed by atoms with E-state index in [0.717, 1.165) is 34.8 Å². The van der Waals surface area contributed by atoms with E-state index >= 15 is 0 Å². The number of nitrogens with zero attached hydrogens (tertiary/aromatic N) is 2. The molecule has 0 aliphatic heterocycles. The van der Waals surface area contributed by atoms with E-state index in [-0.39, 0.29) is 31.2 Å². The molecule has 1 aromatic carbocycles. The molecule has 4 fully saturated rings. The summed E-state index contributed by atoms with van der Waals surface area (Å²) in [5.41, 5.74) is 2.09. The Balaban J connectivity index is 0.798. The van der Waals surface area contributed by atoms with Crippen LogP contribution in [0.4, 0.5) is 4.79 Å². The predicted molar refractivity (Wildman–Crippen MR) is 165 cm³/mol. The maximum absolute atomic E-state index is 12.5. The Kier molecular flexibility index (Phi) is 12.0. The number of carbonyl (C=O) groups is 2. The van der Waals surface area contributed by atoms with Gasteiger partial charge in [0.1, 0.15) is 25.3 Å². The van der Waals surface area contributed by atoms with Crippen molar-refractivity contribution in [3.63, 3.8) is 0 Å². The van der Waals surface area contributed by atoms with E-state index < -0.39 is 6.09 Å². The van der Waals surface area contributed by atoms with Crippen LogP contribution in [-0.4, -0.2) is 74.8 Å². The normalized spacial score (nSPS) is 23.5. The van der Waals surface area contributed by atoms with Gasteiger partial charge in [0, 0.05) is 12.7 Å². The fourth-order valence-corrected chi connectivity index (χ4v) is 7.35. The average Bonchev–Trinajstić information content (AvgIpc) is 3.01. The molecular weight excluding hydrogens is 562 g/mol. The van der Waals surface area contributed by atoms with Gasteiger partial charge < -0.3 is 29.0 Å². The van der Waals surface area contributed by atoms with Gasteiger partial charge in [0.05, 0.1) is 45.1 Å². The van der Waals surface area contributed by atoms with Crippen LogP contribution in [-0.2, 0) is 23.7 Å². The molecule has 4 aliphatic rings. The van der Waals surface area contributed by atoms with Crippen LogP contribution >= 0.6 is 0 Å². The van der Waals surface area contributed by atoms with Crippen LogP contribution in [0.5, 0.6) is 5.75 Å². The van der Waals surface area contributed by atoms with Crippen LogP contribution in [0.15, 0.2) is 42.9 Å². The number of aromatic nitrogens is 2. The van der Waals surface area contributed by atoms with Crippen molar-refractivity contribution >= 4 is 24.2 Å². The zero-order valence-corrected chi connectivity index (χ0v) is 25.5. The van der Waals surface area contributed by atoms with Gasteiger partial charge in [0.2, 0.25) is 0 Å². The molecule has 4 saturated carbocycles. The number of hydrogen-bond donors (Lipinski definition) is 1. The van der Waals surface area contributed by atoms with Gasteiger partial charge in [-0.25, -0.2) is 14.8 Å². The molecule has 0 radical (unpaired) electrons. The smallest absolute Gasteiger partial charge is 0.407 e. The van der Waals surface area contributed by atoms with Crippen molar-refractivity contribution < 1.29 is 33.3 Å². The highest BCUT2D eigenvalue weighted by Crippen LogP contribution is 2.61. The predicted octanol–water partition coefficient (Wildman–Crippen LogP) is 5.33. The van der Waals surface area contributed by atoms with Gasteiger partial charge >= 0.3 is 12.1 Å². The van der Waals surface area contributed by atoms with Crippen molar-refractivity contribution in [3.05, 3.63) is 54.1 Å². The second-order valence-corrected chi connectivity index (χ2v) is 12.3. The van der Waals surface area contributed by atoms with Gasteiger partial charge in [0.15, 0.2) is 0 Å². The monoisotopic (exact) mass is 607 g/mol. The average molecular weight is 608 g/mol. The number of ether oxygens (including phenoxy) is 5. The zero-order chi connectivity index (χ0) is 30.5. The van der Waals surface area contributed by atoms with Crippen molar-refractivity contribution in [2.75, 3.05) is 52.8 Å². The van der Waals surface area contributed by atoms with E-state index in [1.807, 2.05) is 42.5 Å². The summed E-state index contributed by atoms with van der Waals surface area (Å²) in [5.74, 6) is 3.20. The van der Waals surface area contributed by atoms with Gasteiger partial charge in [-0.05, 0) is 98.0 Å². The highest BCUT2D eigenvalue weighted by Gasteiger charge is 2.51. The molecule has 10 heteroatoms. The number of benzene rings is 1. The third-order valence-corrected chi connectivity index (χ3v) is 8.80. The van der Waals surface area contributed by atoms with Gasteiger partial charge in [0.25, 0.3) is 0 Å². The summed E-state index contributed by atoms with van der Waals surface area (Å²) in [6.45, 7) is 2.75. The van der Waals surface area contributed by atoms with E-state index in [1.54, 1.807) is 6.20 Å². The minimum Gasteiger partial charge on any atom is -0.494 e. The summed E-state index contributed by atoms with van der Waals surface area (Å²) < 4.78 is 27.3. The number of rotatable bonds is 18. The van der Waals surface area contributed by atoms with Gasteiger partial charge in [-0.1, -0.05) is 18.2 Å². The minimum absolute atomic E-state index is 0.0792. The number of hydrogen-bond acceptors (Lipinski definition) is 9. The van der Waals surface area contributed by atoms with Crippen LogP contribution in [0.3, 0.4) is 0 Å². The fraction of sp³-hybridized carbons (Fsp3) is 0.588. The first kappa shape index (κ1) is 31.9. The Hall–Kier alpha value is -3.50. The Morgan fingerprint density at radius 3 is 2.14 bits per heavy atom. The molecule has 0 atom stereocenters. The van der Waals surface area contributed by atoms with Crippen LogP contribution < -0.4 is 10.1 Å². The number of carbonyl (C=O) groups excluding carboxylic acids is 2. The third-order valence-electron chi connectivity index (χ3n) is 8.80. The molecule has 1 amide bonds. The molecular formula is C34H45N3O7. The van der Waals surface area contributed by atoms with Crippen LogP contribution in [0.2, 0.25) is 0 Å². The highest BCUT2D eigenvalue weighted by molar-refractivity contribution is 5.70. The van der Waals surface area contributed by atoms with E-state index in [0.29, 0.717) is 45.8 Å². The number of alkyl carbamates (subject to hydrolysis) is 1. The molecule has 44 heavy (non-hydrogen) atoms. The third kappa shape index (κ3) is 10.3. The van der Waals surface area contributed by atoms with Crippen LogP contribution in [0.25, 0.3) is 12.2 Å². The Morgan fingerprint density at radius 2 is 1.48 bits per heavy atom. The molecule has 1 N–H and O–H groups in total. The Morgan fingerprint density at radius 1 is 0.818 bits per heavy atom. The molecule has 0 saturated heterocycles. The first-order valence-corrected chi connectivity index (χ1v) is 15.9. The summed E-state index contributed by atoms with van der Waals surface area (Å²) in [5, 5.41) is 2.70. The quantitative estimate of drug-likeness (QED) is 0.177. The van der Waals surface area contributed by atoms with E-state index in [1.165, 1.54) is 44.9 Å². The molecule has 238 valence electrons. The van der Waals surface area contributed by atoms with Gasteiger partial charge in [-0.15, -0.1) is 0 Å². The van der Waals surface area contributed by atoms with Crippen LogP contribution in [0.1, 0.15) is 62.6 Å². The Bertz CT molecular complexity index is 1170. The fourth-order valence-electron chi connectivity index (χ4n) is 7.35. The molecule has 6 rings (SSSR count). The topological polar surface area (TPSA) is 118 Å². The first-order chi connectivity index (χ1) is 21.6. The maximum Gasteiger partial charge on any atom is 0.407 e. The molecule has 0 unspecified atom stereocenters. The lowest BCUT2D eigenvalue weighted by Gasteiger charge is -2.56. The lowest BCUT2D eigenvalue weighted by molar-refractivity contribution is -0.153. The first-order valence-electron chi connectivity index (χ1n) is 15.9. The summed E-state index contributed by atoms with van der Waals surface area (Å²) in [7, 11) is 0. The van der Waals surface area contributed by atoms with Gasteiger partial charge in [-0.2, -0.15) is 0 Å². The number of amides is 1. The van der Waals surface area contributed by atoms with Crippen molar-refractivity contribution in [2.24, 2.45) is 23.2 Å². The summed E-state index contributed by atoms with van der Waals surface area (Å²) in [6.07, 6.45) is 15.6. The van der Waals surface area contributed by atoms with Crippen molar-refractivity contribution in [1.82, 2.24) is 15.3 Å². The molecule has 1 heterocycles. The summed E-state index contributed by atoms with van der Waals surface area (Å²) in [6, 6.07) is 9.60. The number of nitrogens with one attached hydrogen (secondary N) is 1. The van der Waals surface area contributed by atoms with E-state index in [9.17, 15) is 9.59 Å². The van der Waals surface area contributed by atoms with Crippen molar-refractivity contribution in [3.8, 4) is 5.75 Å². The largest absolute Gasteiger partial charge is 0.494 e. The lowest BCUT2D eigenvalue weighted by atomic mass is 9.49. The summed E-state index contributed by atoms with van der Waals surface area (Å²) >= 11 is 0. The summed E-state index contributed by atoms with van der Waals surface area (Å²) in [4.78, 5) is 32.4. The van der Waals surface area contributed by atoms with Crippen LogP contribution in [0, 0.1) is 23.2 Å². The van der Waals surface area contributed by atoms with Gasteiger partial charge in [-0.3, -0.25) is 4.79 Å². The molecule has 4 bridgehead atoms. The zero-order valence-electron chi connectivity index (χ0n) is 25.5. The highest BCUT2D eigenvalue weighted by atomic mass is 16.6. The Labute approximate surface area is 259 Å². The van der Waals surface area contributed by atoms with Crippen molar-refractivity contribution in [2.45, 2.75) is 51.4 Å². The van der Waals surface area contributed by atoms with E-state index in [2.05, 4.69) is 15.3 Å². The lowest BCUT2D eigenvalue weighted by Crippen LogP contribution is -2.47. The SMILES string of the molecule is O=C(CC12CC3CC(CC(C3)C1)C2)OCCOCCOCCOC(=O)NCCCOc1ccc(/C=C/c2ccncn2)cc1. The maximum atomic E-state index is 12.5. The van der Waals surface area contributed by atoms with Crippen molar-refractivity contribution in [1.29, 1.82) is 0 Å². The standard InChI is InChI=1S/C34H45N3O7/c38-32(24-34-21-27-18-28(22-34)20-29(19-27)23-34)43-16-14-40-12-13-41-15-17-44-33(39)36-9-1-11-42-31-6-3-26(4-7-31)2-5-30-8-10-35-25-37-30/h2-8,10,25,27-29H,1,9,11-24H2,(H,36,39)/b5-2+.